The van der Waals surface area contributed by atoms with Gasteiger partial charge in [-0.15, -0.1) is 11.3 Å². The van der Waals surface area contributed by atoms with Crippen molar-refractivity contribution in [3.05, 3.63) is 46.7 Å². The molecule has 1 atom stereocenters. The van der Waals surface area contributed by atoms with Crippen molar-refractivity contribution < 1.29 is 13.9 Å². The molecule has 2 aromatic rings. The van der Waals surface area contributed by atoms with Gasteiger partial charge in [0.2, 0.25) is 5.91 Å². The summed E-state index contributed by atoms with van der Waals surface area (Å²) in [6, 6.07) is 6.15. The Kier molecular flexibility index (Phi) is 6.84. The second kappa shape index (κ2) is 8.86. The van der Waals surface area contributed by atoms with Crippen LogP contribution in [0, 0.1) is 12.7 Å². The predicted octanol–water partition coefficient (Wildman–Crippen LogP) is 3.07. The largest absolute Gasteiger partial charge is 0.383 e. The highest BCUT2D eigenvalue weighted by Gasteiger charge is 2.23. The van der Waals surface area contributed by atoms with Gasteiger partial charge in [0.05, 0.1) is 18.3 Å². The SMILES string of the molecule is COCCN(Cc1ccccc1F)[C@H](C)C(=O)Nc1nc(C)cs1. The molecule has 0 aliphatic heterocycles. The molecule has 1 heterocycles. The monoisotopic (exact) mass is 351 g/mol. The van der Waals surface area contributed by atoms with Crippen molar-refractivity contribution in [1.29, 1.82) is 0 Å². The van der Waals surface area contributed by atoms with E-state index in [4.69, 9.17) is 4.74 Å². The Bertz CT molecular complexity index is 677. The van der Waals surface area contributed by atoms with Gasteiger partial charge in [0.25, 0.3) is 0 Å². The minimum Gasteiger partial charge on any atom is -0.383 e. The van der Waals surface area contributed by atoms with Gasteiger partial charge in [-0.05, 0) is 19.9 Å². The van der Waals surface area contributed by atoms with Crippen LogP contribution in [-0.2, 0) is 16.1 Å². The Hall–Kier alpha value is -1.83. The number of hydrogen-bond acceptors (Lipinski definition) is 5. The Morgan fingerprint density at radius 3 is 2.83 bits per heavy atom. The van der Waals surface area contributed by atoms with Gasteiger partial charge in [-0.1, -0.05) is 18.2 Å². The summed E-state index contributed by atoms with van der Waals surface area (Å²) in [7, 11) is 1.60. The van der Waals surface area contributed by atoms with Gasteiger partial charge < -0.3 is 10.1 Å². The van der Waals surface area contributed by atoms with E-state index >= 15 is 0 Å². The molecule has 1 amide bonds. The normalized spacial score (nSPS) is 12.4. The topological polar surface area (TPSA) is 54.5 Å². The number of anilines is 1. The number of rotatable bonds is 8. The summed E-state index contributed by atoms with van der Waals surface area (Å²) in [4.78, 5) is 18.6. The van der Waals surface area contributed by atoms with Crippen molar-refractivity contribution in [3.8, 4) is 0 Å². The highest BCUT2D eigenvalue weighted by molar-refractivity contribution is 7.13. The Morgan fingerprint density at radius 2 is 2.21 bits per heavy atom. The molecule has 0 bridgehead atoms. The average molecular weight is 351 g/mol. The highest BCUT2D eigenvalue weighted by Crippen LogP contribution is 2.17. The van der Waals surface area contributed by atoms with E-state index in [1.54, 1.807) is 32.2 Å². The number of amides is 1. The maximum atomic E-state index is 13.9. The third-order valence-electron chi connectivity index (χ3n) is 3.69. The standard InChI is InChI=1S/C17H22FN3O2S/c1-12-11-24-17(19-12)20-16(22)13(2)21(8-9-23-3)10-14-6-4-5-7-15(14)18/h4-7,11,13H,8-10H2,1-3H3,(H,19,20,22)/t13-/m1/s1. The zero-order valence-electron chi connectivity index (χ0n) is 14.1. The minimum atomic E-state index is -0.441. The smallest absolute Gasteiger partial charge is 0.243 e. The van der Waals surface area contributed by atoms with Gasteiger partial charge in [-0.25, -0.2) is 9.37 Å². The van der Waals surface area contributed by atoms with Gasteiger partial charge in [-0.2, -0.15) is 0 Å². The summed E-state index contributed by atoms with van der Waals surface area (Å²) >= 11 is 1.39. The Morgan fingerprint density at radius 1 is 1.46 bits per heavy atom. The van der Waals surface area contributed by atoms with Crippen LogP contribution in [0.5, 0.6) is 0 Å². The number of nitrogens with one attached hydrogen (secondary N) is 1. The van der Waals surface area contributed by atoms with Gasteiger partial charge >= 0.3 is 0 Å². The molecule has 0 saturated heterocycles. The van der Waals surface area contributed by atoms with Crippen molar-refractivity contribution in [1.82, 2.24) is 9.88 Å². The van der Waals surface area contributed by atoms with E-state index in [0.29, 0.717) is 30.4 Å². The third-order valence-corrected chi connectivity index (χ3v) is 4.57. The van der Waals surface area contributed by atoms with Gasteiger partial charge in [-0.3, -0.25) is 9.69 Å². The maximum Gasteiger partial charge on any atom is 0.243 e. The van der Waals surface area contributed by atoms with E-state index in [0.717, 1.165) is 5.69 Å². The van der Waals surface area contributed by atoms with E-state index in [1.807, 2.05) is 17.2 Å². The molecule has 24 heavy (non-hydrogen) atoms. The molecule has 0 radical (unpaired) electrons. The zero-order valence-corrected chi connectivity index (χ0v) is 14.9. The van der Waals surface area contributed by atoms with E-state index < -0.39 is 6.04 Å². The van der Waals surface area contributed by atoms with Crippen LogP contribution in [0.1, 0.15) is 18.2 Å². The number of benzene rings is 1. The molecule has 130 valence electrons. The first-order valence-electron chi connectivity index (χ1n) is 7.70. The molecule has 7 heteroatoms. The molecule has 0 aliphatic carbocycles. The lowest BCUT2D eigenvalue weighted by atomic mass is 10.1. The fourth-order valence-electron chi connectivity index (χ4n) is 2.25. The number of nitrogens with zero attached hydrogens (tertiary/aromatic N) is 2. The highest BCUT2D eigenvalue weighted by atomic mass is 32.1. The number of hydrogen-bond donors (Lipinski definition) is 1. The maximum absolute atomic E-state index is 13.9. The van der Waals surface area contributed by atoms with Crippen LogP contribution in [0.3, 0.4) is 0 Å². The van der Waals surface area contributed by atoms with Crippen LogP contribution in [0.2, 0.25) is 0 Å². The van der Waals surface area contributed by atoms with Crippen LogP contribution in [0.25, 0.3) is 0 Å². The predicted molar refractivity (Wildman–Crippen MR) is 93.6 cm³/mol. The molecular weight excluding hydrogens is 329 g/mol. The minimum absolute atomic E-state index is 0.170. The third kappa shape index (κ3) is 5.09. The summed E-state index contributed by atoms with van der Waals surface area (Å²) < 4.78 is 19.0. The van der Waals surface area contributed by atoms with Crippen molar-refractivity contribution in [2.75, 3.05) is 25.6 Å². The van der Waals surface area contributed by atoms with E-state index in [9.17, 15) is 9.18 Å². The molecule has 1 N–H and O–H groups in total. The van der Waals surface area contributed by atoms with Crippen molar-refractivity contribution in [3.63, 3.8) is 0 Å². The van der Waals surface area contributed by atoms with E-state index in [1.165, 1.54) is 17.4 Å². The summed E-state index contributed by atoms with van der Waals surface area (Å²) in [5.74, 6) is -0.445. The van der Waals surface area contributed by atoms with Crippen LogP contribution in [-0.4, -0.2) is 42.1 Å². The van der Waals surface area contributed by atoms with Crippen molar-refractivity contribution in [2.24, 2.45) is 0 Å². The number of carbonyl (C=O) groups is 1. The molecule has 2 rings (SSSR count). The van der Waals surface area contributed by atoms with Gasteiger partial charge in [0.15, 0.2) is 5.13 Å². The average Bonchev–Trinajstić information content (AvgIpc) is 2.97. The van der Waals surface area contributed by atoms with Gasteiger partial charge in [0, 0.05) is 31.1 Å². The quantitative estimate of drug-likeness (QED) is 0.794. The van der Waals surface area contributed by atoms with Crippen LogP contribution >= 0.6 is 11.3 Å². The molecule has 0 fully saturated rings. The first-order valence-corrected chi connectivity index (χ1v) is 8.58. The van der Waals surface area contributed by atoms with Crippen molar-refractivity contribution >= 4 is 22.4 Å². The number of halogens is 1. The molecule has 5 nitrogen and oxygen atoms in total. The van der Waals surface area contributed by atoms with E-state index in [-0.39, 0.29) is 11.7 Å². The molecular formula is C17H22FN3O2S. The van der Waals surface area contributed by atoms with Crippen LogP contribution in [0.15, 0.2) is 29.6 Å². The molecule has 0 spiro atoms. The zero-order chi connectivity index (χ0) is 17.5. The summed E-state index contributed by atoms with van der Waals surface area (Å²) in [5, 5.41) is 5.26. The Labute approximate surface area is 145 Å². The summed E-state index contributed by atoms with van der Waals surface area (Å²) in [6.45, 7) is 4.99. The summed E-state index contributed by atoms with van der Waals surface area (Å²) in [5.41, 5.74) is 1.42. The number of aromatic nitrogens is 1. The molecule has 0 aliphatic rings. The van der Waals surface area contributed by atoms with Gasteiger partial charge in [0.1, 0.15) is 5.82 Å². The lowest BCUT2D eigenvalue weighted by molar-refractivity contribution is -0.121. The number of methoxy groups -OCH3 is 1. The lowest BCUT2D eigenvalue weighted by Crippen LogP contribution is -2.43. The fraction of sp³-hybridized carbons (Fsp3) is 0.412. The second-order valence-electron chi connectivity index (χ2n) is 5.51. The molecule has 0 unspecified atom stereocenters. The second-order valence-corrected chi connectivity index (χ2v) is 6.37. The fourth-order valence-corrected chi connectivity index (χ4v) is 2.94. The van der Waals surface area contributed by atoms with Crippen molar-refractivity contribution in [2.45, 2.75) is 26.4 Å². The molecule has 1 aromatic heterocycles. The number of thiazole rings is 1. The first kappa shape index (κ1) is 18.5. The van der Waals surface area contributed by atoms with E-state index in [2.05, 4.69) is 10.3 Å². The number of ether oxygens (including phenoxy) is 1. The molecule has 1 aromatic carbocycles. The van der Waals surface area contributed by atoms with Crippen LogP contribution < -0.4 is 5.32 Å². The summed E-state index contributed by atoms with van der Waals surface area (Å²) in [6.07, 6.45) is 0. The first-order chi connectivity index (χ1) is 11.5. The van der Waals surface area contributed by atoms with Crippen LogP contribution in [0.4, 0.5) is 9.52 Å². The number of aryl methyl sites for hydroxylation is 1. The Balaban J connectivity index is 2.07. The number of carbonyl (C=O) groups excluding carboxylic acids is 1. The lowest BCUT2D eigenvalue weighted by Gasteiger charge is -2.28. The molecule has 0 saturated carbocycles.